The number of rotatable bonds is 6. The maximum Gasteiger partial charge on any atom is 0.232 e. The van der Waals surface area contributed by atoms with Gasteiger partial charge in [0, 0.05) is 0 Å². The van der Waals surface area contributed by atoms with Crippen molar-refractivity contribution in [3.05, 3.63) is 71.8 Å². The van der Waals surface area contributed by atoms with E-state index in [-0.39, 0.29) is 5.91 Å². The number of nitrogens with two attached hydrogens (primary N) is 1. The highest BCUT2D eigenvalue weighted by atomic mass is 16.1. The zero-order chi connectivity index (χ0) is 14.4. The van der Waals surface area contributed by atoms with Crippen LogP contribution >= 0.6 is 0 Å². The minimum Gasteiger partial charge on any atom is -0.369 e. The Morgan fingerprint density at radius 3 is 1.75 bits per heavy atom. The van der Waals surface area contributed by atoms with Crippen LogP contribution in [0.2, 0.25) is 0 Å². The third-order valence-corrected chi connectivity index (χ3v) is 3.86. The van der Waals surface area contributed by atoms with Crippen LogP contribution in [0.4, 0.5) is 0 Å². The van der Waals surface area contributed by atoms with E-state index in [9.17, 15) is 4.79 Å². The van der Waals surface area contributed by atoms with Crippen molar-refractivity contribution in [3.63, 3.8) is 0 Å². The van der Waals surface area contributed by atoms with Crippen molar-refractivity contribution in [1.82, 2.24) is 0 Å². The van der Waals surface area contributed by atoms with Crippen LogP contribution in [-0.2, 0) is 10.2 Å². The lowest BCUT2D eigenvalue weighted by molar-refractivity contribution is -0.122. The first-order chi connectivity index (χ1) is 9.71. The highest BCUT2D eigenvalue weighted by molar-refractivity contribution is 5.90. The van der Waals surface area contributed by atoms with E-state index in [1.165, 1.54) is 0 Å². The molecule has 0 fully saturated rings. The first-order valence-corrected chi connectivity index (χ1v) is 7.12. The molecule has 0 spiro atoms. The lowest BCUT2D eigenvalue weighted by atomic mass is 9.70. The van der Waals surface area contributed by atoms with Gasteiger partial charge in [-0.2, -0.15) is 0 Å². The lowest BCUT2D eigenvalue weighted by Gasteiger charge is -2.32. The second-order valence-electron chi connectivity index (χ2n) is 5.11. The quantitative estimate of drug-likeness (QED) is 0.853. The Morgan fingerprint density at radius 2 is 1.40 bits per heavy atom. The van der Waals surface area contributed by atoms with Gasteiger partial charge in [0.05, 0.1) is 5.41 Å². The Bertz CT molecular complexity index is 509. The van der Waals surface area contributed by atoms with Crippen LogP contribution in [0.3, 0.4) is 0 Å². The summed E-state index contributed by atoms with van der Waals surface area (Å²) >= 11 is 0. The van der Waals surface area contributed by atoms with E-state index in [0.717, 1.165) is 30.4 Å². The molecule has 0 unspecified atom stereocenters. The molecule has 0 saturated carbocycles. The highest BCUT2D eigenvalue weighted by Crippen LogP contribution is 2.37. The van der Waals surface area contributed by atoms with E-state index in [4.69, 9.17) is 5.73 Å². The number of primary amides is 1. The number of hydrogen-bond acceptors (Lipinski definition) is 1. The predicted octanol–water partition coefficient (Wildman–Crippen LogP) is 3.65. The lowest BCUT2D eigenvalue weighted by Crippen LogP contribution is -2.42. The summed E-state index contributed by atoms with van der Waals surface area (Å²) in [5.41, 5.74) is 7.07. The largest absolute Gasteiger partial charge is 0.369 e. The molecule has 0 aliphatic carbocycles. The summed E-state index contributed by atoms with van der Waals surface area (Å²) in [5.74, 6) is -0.275. The van der Waals surface area contributed by atoms with E-state index in [2.05, 4.69) is 6.92 Å². The topological polar surface area (TPSA) is 43.1 Å². The fourth-order valence-electron chi connectivity index (χ4n) is 2.75. The van der Waals surface area contributed by atoms with Crippen LogP contribution in [0.15, 0.2) is 60.7 Å². The number of hydrogen-bond donors (Lipinski definition) is 1. The van der Waals surface area contributed by atoms with E-state index in [1.54, 1.807) is 0 Å². The number of carbonyl (C=O) groups is 1. The molecular weight excluding hydrogens is 246 g/mol. The summed E-state index contributed by atoms with van der Waals surface area (Å²) in [6.07, 6.45) is 2.74. The van der Waals surface area contributed by atoms with Gasteiger partial charge in [-0.15, -0.1) is 0 Å². The fraction of sp³-hybridized carbons (Fsp3) is 0.278. The van der Waals surface area contributed by atoms with Crippen molar-refractivity contribution in [2.75, 3.05) is 0 Å². The maximum atomic E-state index is 12.4. The Morgan fingerprint density at radius 1 is 0.950 bits per heavy atom. The average Bonchev–Trinajstić information content (AvgIpc) is 2.50. The van der Waals surface area contributed by atoms with Gasteiger partial charge in [0.2, 0.25) is 5.91 Å². The molecule has 2 rings (SSSR count). The number of benzene rings is 2. The summed E-state index contributed by atoms with van der Waals surface area (Å²) in [6.45, 7) is 2.13. The summed E-state index contributed by atoms with van der Waals surface area (Å²) in [5, 5.41) is 0. The minimum atomic E-state index is -0.724. The SMILES string of the molecule is CCCCC(C(N)=O)(c1ccccc1)c1ccccc1. The van der Waals surface area contributed by atoms with Gasteiger partial charge in [-0.05, 0) is 17.5 Å². The van der Waals surface area contributed by atoms with E-state index in [1.807, 2.05) is 60.7 Å². The molecule has 0 aliphatic rings. The Labute approximate surface area is 120 Å². The van der Waals surface area contributed by atoms with Gasteiger partial charge in [-0.1, -0.05) is 80.4 Å². The van der Waals surface area contributed by atoms with Crippen molar-refractivity contribution in [1.29, 1.82) is 0 Å². The minimum absolute atomic E-state index is 0.275. The molecule has 2 aromatic carbocycles. The van der Waals surface area contributed by atoms with Crippen molar-refractivity contribution in [2.24, 2.45) is 5.73 Å². The van der Waals surface area contributed by atoms with Crippen LogP contribution in [0, 0.1) is 0 Å². The molecule has 1 amide bonds. The molecule has 104 valence electrons. The van der Waals surface area contributed by atoms with Gasteiger partial charge in [0.15, 0.2) is 0 Å². The van der Waals surface area contributed by atoms with Gasteiger partial charge < -0.3 is 5.73 Å². The molecule has 0 aliphatic heterocycles. The molecule has 0 saturated heterocycles. The van der Waals surface area contributed by atoms with Crippen LogP contribution in [0.1, 0.15) is 37.3 Å². The van der Waals surface area contributed by atoms with E-state index in [0.29, 0.717) is 0 Å². The molecule has 0 bridgehead atoms. The van der Waals surface area contributed by atoms with Crippen LogP contribution in [-0.4, -0.2) is 5.91 Å². The predicted molar refractivity (Wildman–Crippen MR) is 82.4 cm³/mol. The molecule has 2 N–H and O–H groups in total. The molecule has 0 atom stereocenters. The summed E-state index contributed by atoms with van der Waals surface area (Å²) in [4.78, 5) is 12.4. The average molecular weight is 267 g/mol. The number of amides is 1. The van der Waals surface area contributed by atoms with Gasteiger partial charge in [0.25, 0.3) is 0 Å². The van der Waals surface area contributed by atoms with Crippen molar-refractivity contribution >= 4 is 5.91 Å². The van der Waals surface area contributed by atoms with Crippen LogP contribution in [0.25, 0.3) is 0 Å². The Kier molecular flexibility index (Phi) is 4.57. The molecule has 2 nitrogen and oxygen atoms in total. The molecule has 2 aromatic rings. The second-order valence-corrected chi connectivity index (χ2v) is 5.11. The summed E-state index contributed by atoms with van der Waals surface area (Å²) in [7, 11) is 0. The molecular formula is C18H21NO. The third kappa shape index (κ3) is 2.60. The van der Waals surface area contributed by atoms with Crippen molar-refractivity contribution in [2.45, 2.75) is 31.6 Å². The molecule has 0 radical (unpaired) electrons. The zero-order valence-electron chi connectivity index (χ0n) is 11.9. The third-order valence-electron chi connectivity index (χ3n) is 3.86. The molecule has 20 heavy (non-hydrogen) atoms. The highest BCUT2D eigenvalue weighted by Gasteiger charge is 2.39. The van der Waals surface area contributed by atoms with Crippen molar-refractivity contribution in [3.8, 4) is 0 Å². The van der Waals surface area contributed by atoms with Crippen molar-refractivity contribution < 1.29 is 4.79 Å². The zero-order valence-corrected chi connectivity index (χ0v) is 11.9. The molecule has 0 aromatic heterocycles. The smallest absolute Gasteiger partial charge is 0.232 e. The van der Waals surface area contributed by atoms with Gasteiger partial charge in [0.1, 0.15) is 0 Å². The number of unbranched alkanes of at least 4 members (excludes halogenated alkanes) is 1. The second kappa shape index (κ2) is 6.38. The van der Waals surface area contributed by atoms with Crippen LogP contribution < -0.4 is 5.73 Å². The summed E-state index contributed by atoms with van der Waals surface area (Å²) in [6, 6.07) is 19.7. The monoisotopic (exact) mass is 267 g/mol. The van der Waals surface area contributed by atoms with Gasteiger partial charge in [-0.25, -0.2) is 0 Å². The Balaban J connectivity index is 2.60. The standard InChI is InChI=1S/C18H21NO/c1-2-3-14-18(17(19)20,15-10-6-4-7-11-15)16-12-8-5-9-13-16/h4-13H,2-3,14H2,1H3,(H2,19,20). The normalized spacial score (nSPS) is 11.2. The van der Waals surface area contributed by atoms with Crippen LogP contribution in [0.5, 0.6) is 0 Å². The molecule has 0 heterocycles. The van der Waals surface area contributed by atoms with Gasteiger partial charge >= 0.3 is 0 Å². The maximum absolute atomic E-state index is 12.4. The van der Waals surface area contributed by atoms with E-state index >= 15 is 0 Å². The fourth-order valence-corrected chi connectivity index (χ4v) is 2.75. The first-order valence-electron chi connectivity index (χ1n) is 7.12. The van der Waals surface area contributed by atoms with Gasteiger partial charge in [-0.3, -0.25) is 4.79 Å². The Hall–Kier alpha value is -2.09. The van der Waals surface area contributed by atoms with E-state index < -0.39 is 5.41 Å². The first kappa shape index (κ1) is 14.3. The summed E-state index contributed by atoms with van der Waals surface area (Å²) < 4.78 is 0. The number of carbonyl (C=O) groups excluding carboxylic acids is 1. The molecule has 2 heteroatoms.